The van der Waals surface area contributed by atoms with Crippen molar-refractivity contribution in [2.75, 3.05) is 20.1 Å². The lowest BCUT2D eigenvalue weighted by atomic mass is 9.91. The predicted octanol–water partition coefficient (Wildman–Crippen LogP) is -0.127. The topological polar surface area (TPSA) is 70.2 Å². The molecule has 5 heteroatoms. The monoisotopic (exact) mass is 241 g/mol. The van der Waals surface area contributed by atoms with Gasteiger partial charge in [-0.1, -0.05) is 0 Å². The Morgan fingerprint density at radius 2 is 2.06 bits per heavy atom. The molecule has 2 amide bonds. The number of carbonyl (C=O) groups excluding carboxylic acids is 2. The van der Waals surface area contributed by atoms with Crippen LogP contribution in [0, 0.1) is 11.3 Å². The van der Waals surface area contributed by atoms with Gasteiger partial charge in [0, 0.05) is 19.6 Å². The second kappa shape index (κ2) is 5.49. The molecule has 5 nitrogen and oxygen atoms in total. The first kappa shape index (κ1) is 14.0. The van der Waals surface area contributed by atoms with Gasteiger partial charge in [-0.3, -0.25) is 9.59 Å². The third-order valence-corrected chi connectivity index (χ3v) is 3.41. The molecule has 1 heterocycles. The minimum atomic E-state index is -0.570. The maximum Gasteiger partial charge on any atom is 0.227 e. The van der Waals surface area contributed by atoms with E-state index in [1.165, 1.54) is 0 Å². The van der Waals surface area contributed by atoms with Gasteiger partial charge in [-0.2, -0.15) is 0 Å². The van der Waals surface area contributed by atoms with Crippen LogP contribution in [0.1, 0.15) is 27.2 Å². The average Bonchev–Trinajstić information content (AvgIpc) is 2.71. The van der Waals surface area contributed by atoms with Crippen molar-refractivity contribution in [3.8, 4) is 0 Å². The highest BCUT2D eigenvalue weighted by Crippen LogP contribution is 2.17. The molecule has 3 N–H and O–H groups in total. The summed E-state index contributed by atoms with van der Waals surface area (Å²) in [5.41, 5.74) is -0.570. The molecule has 0 aromatic rings. The Labute approximate surface area is 103 Å². The van der Waals surface area contributed by atoms with Gasteiger partial charge in [0.2, 0.25) is 11.8 Å². The summed E-state index contributed by atoms with van der Waals surface area (Å²) in [6.07, 6.45) is 0.868. The Bertz CT molecular complexity index is 302. The molecule has 0 spiro atoms. The van der Waals surface area contributed by atoms with E-state index in [4.69, 9.17) is 0 Å². The fourth-order valence-electron chi connectivity index (χ4n) is 2.07. The molecule has 0 aromatic carbocycles. The Hall–Kier alpha value is -1.10. The Kier molecular flexibility index (Phi) is 4.51. The van der Waals surface area contributed by atoms with Crippen molar-refractivity contribution in [3.63, 3.8) is 0 Å². The minimum Gasteiger partial charge on any atom is -0.359 e. The predicted molar refractivity (Wildman–Crippen MR) is 66.4 cm³/mol. The normalized spacial score (nSPS) is 24.5. The van der Waals surface area contributed by atoms with Crippen LogP contribution >= 0.6 is 0 Å². The van der Waals surface area contributed by atoms with Crippen LogP contribution in [0.25, 0.3) is 0 Å². The number of amides is 2. The Morgan fingerprint density at radius 3 is 2.53 bits per heavy atom. The van der Waals surface area contributed by atoms with E-state index in [1.54, 1.807) is 7.05 Å². The second-order valence-electron chi connectivity index (χ2n) is 5.32. The molecule has 17 heavy (non-hydrogen) atoms. The Morgan fingerprint density at radius 1 is 1.41 bits per heavy atom. The number of hydrogen-bond acceptors (Lipinski definition) is 3. The summed E-state index contributed by atoms with van der Waals surface area (Å²) in [4.78, 5) is 23.5. The SMILES string of the molecule is CNC(=O)C(C)(C)CNC(=O)C1CCNC1C. The molecule has 1 rings (SSSR count). The summed E-state index contributed by atoms with van der Waals surface area (Å²) in [6.45, 7) is 6.92. The van der Waals surface area contributed by atoms with Crippen LogP contribution in [-0.2, 0) is 9.59 Å². The van der Waals surface area contributed by atoms with Crippen molar-refractivity contribution in [1.82, 2.24) is 16.0 Å². The minimum absolute atomic E-state index is 0.0236. The van der Waals surface area contributed by atoms with E-state index in [9.17, 15) is 9.59 Å². The molecular weight excluding hydrogens is 218 g/mol. The highest BCUT2D eigenvalue weighted by molar-refractivity contribution is 5.84. The summed E-state index contributed by atoms with van der Waals surface area (Å²) < 4.78 is 0. The first-order valence-corrected chi connectivity index (χ1v) is 6.12. The smallest absolute Gasteiger partial charge is 0.227 e. The van der Waals surface area contributed by atoms with Gasteiger partial charge in [-0.15, -0.1) is 0 Å². The number of hydrogen-bond donors (Lipinski definition) is 3. The number of nitrogens with one attached hydrogen (secondary N) is 3. The van der Waals surface area contributed by atoms with Crippen LogP contribution in [0.4, 0.5) is 0 Å². The van der Waals surface area contributed by atoms with E-state index in [0.717, 1.165) is 13.0 Å². The summed E-state index contributed by atoms with van der Waals surface area (Å²) in [7, 11) is 1.61. The van der Waals surface area contributed by atoms with E-state index in [0.29, 0.717) is 6.54 Å². The van der Waals surface area contributed by atoms with Crippen molar-refractivity contribution in [1.29, 1.82) is 0 Å². The molecule has 0 saturated carbocycles. The number of rotatable bonds is 4. The van der Waals surface area contributed by atoms with E-state index in [-0.39, 0.29) is 23.8 Å². The van der Waals surface area contributed by atoms with Gasteiger partial charge in [-0.25, -0.2) is 0 Å². The molecule has 98 valence electrons. The van der Waals surface area contributed by atoms with E-state index in [1.807, 2.05) is 20.8 Å². The Balaban J connectivity index is 2.45. The zero-order valence-electron chi connectivity index (χ0n) is 11.1. The molecule has 2 unspecified atom stereocenters. The fraction of sp³-hybridized carbons (Fsp3) is 0.833. The van der Waals surface area contributed by atoms with Gasteiger partial charge in [0.1, 0.15) is 0 Å². The quantitative estimate of drug-likeness (QED) is 0.642. The molecule has 1 aliphatic heterocycles. The van der Waals surface area contributed by atoms with Gasteiger partial charge in [0.25, 0.3) is 0 Å². The van der Waals surface area contributed by atoms with Crippen LogP contribution in [0.2, 0.25) is 0 Å². The van der Waals surface area contributed by atoms with Crippen molar-refractivity contribution in [2.45, 2.75) is 33.2 Å². The summed E-state index contributed by atoms with van der Waals surface area (Å²) in [5, 5.41) is 8.72. The van der Waals surface area contributed by atoms with Gasteiger partial charge >= 0.3 is 0 Å². The largest absolute Gasteiger partial charge is 0.359 e. The molecule has 2 atom stereocenters. The maximum absolute atomic E-state index is 11.9. The van der Waals surface area contributed by atoms with Crippen molar-refractivity contribution >= 4 is 11.8 Å². The zero-order chi connectivity index (χ0) is 13.1. The molecule has 0 radical (unpaired) electrons. The van der Waals surface area contributed by atoms with Crippen molar-refractivity contribution in [3.05, 3.63) is 0 Å². The van der Waals surface area contributed by atoms with Crippen molar-refractivity contribution in [2.24, 2.45) is 11.3 Å². The lowest BCUT2D eigenvalue weighted by Gasteiger charge is -2.24. The molecule has 1 fully saturated rings. The summed E-state index contributed by atoms with van der Waals surface area (Å²) in [5.74, 6) is 0.00496. The first-order chi connectivity index (χ1) is 7.88. The van der Waals surface area contributed by atoms with Gasteiger partial charge in [0.05, 0.1) is 11.3 Å². The first-order valence-electron chi connectivity index (χ1n) is 6.12. The number of carbonyl (C=O) groups is 2. The van der Waals surface area contributed by atoms with Crippen LogP contribution in [0.5, 0.6) is 0 Å². The van der Waals surface area contributed by atoms with Crippen molar-refractivity contribution < 1.29 is 9.59 Å². The molecule has 1 aliphatic rings. The third-order valence-electron chi connectivity index (χ3n) is 3.41. The standard InChI is InChI=1S/C12H23N3O2/c1-8-9(5-6-14-8)10(16)15-7-12(2,3)11(17)13-4/h8-9,14H,5-7H2,1-4H3,(H,13,17)(H,15,16). The van der Waals surface area contributed by atoms with Gasteiger partial charge in [0.15, 0.2) is 0 Å². The van der Waals surface area contributed by atoms with Gasteiger partial charge in [-0.05, 0) is 33.7 Å². The highest BCUT2D eigenvalue weighted by atomic mass is 16.2. The molecule has 0 aromatic heterocycles. The van der Waals surface area contributed by atoms with Crippen LogP contribution in [0.3, 0.4) is 0 Å². The van der Waals surface area contributed by atoms with E-state index < -0.39 is 5.41 Å². The maximum atomic E-state index is 11.9. The molecule has 1 saturated heterocycles. The lowest BCUT2D eigenvalue weighted by molar-refractivity contribution is -0.130. The van der Waals surface area contributed by atoms with Crippen LogP contribution in [0.15, 0.2) is 0 Å². The molecule has 0 bridgehead atoms. The summed E-state index contributed by atoms with van der Waals surface area (Å²) >= 11 is 0. The van der Waals surface area contributed by atoms with Crippen LogP contribution in [-0.4, -0.2) is 38.0 Å². The third kappa shape index (κ3) is 3.43. The van der Waals surface area contributed by atoms with E-state index >= 15 is 0 Å². The highest BCUT2D eigenvalue weighted by Gasteiger charge is 2.32. The second-order valence-corrected chi connectivity index (χ2v) is 5.32. The molecule has 0 aliphatic carbocycles. The lowest BCUT2D eigenvalue weighted by Crippen LogP contribution is -2.46. The zero-order valence-corrected chi connectivity index (χ0v) is 11.1. The summed E-state index contributed by atoms with van der Waals surface area (Å²) in [6, 6.07) is 0.220. The average molecular weight is 241 g/mol. The van der Waals surface area contributed by atoms with Gasteiger partial charge < -0.3 is 16.0 Å². The van der Waals surface area contributed by atoms with Crippen LogP contribution < -0.4 is 16.0 Å². The van der Waals surface area contributed by atoms with E-state index in [2.05, 4.69) is 16.0 Å². The fourth-order valence-corrected chi connectivity index (χ4v) is 2.07. The molecular formula is C12H23N3O2.